The molecule has 112 valence electrons. The second kappa shape index (κ2) is 5.31. The number of nitrogens with one attached hydrogen (secondary N) is 2. The molecule has 0 saturated carbocycles. The van der Waals surface area contributed by atoms with E-state index in [0.717, 1.165) is 35.7 Å². The van der Waals surface area contributed by atoms with Gasteiger partial charge in [0, 0.05) is 30.4 Å². The molecule has 0 unspecified atom stereocenters. The maximum atomic E-state index is 5.40. The fourth-order valence-electron chi connectivity index (χ4n) is 2.93. The van der Waals surface area contributed by atoms with Crippen molar-refractivity contribution in [2.75, 3.05) is 13.7 Å². The van der Waals surface area contributed by atoms with Gasteiger partial charge in [0.2, 0.25) is 0 Å². The summed E-state index contributed by atoms with van der Waals surface area (Å²) in [5, 5.41) is 7.99. The Kier molecular flexibility index (Phi) is 3.16. The minimum atomic E-state index is 0.0819. The molecule has 0 amide bonds. The van der Waals surface area contributed by atoms with Gasteiger partial charge >= 0.3 is 0 Å². The number of hydrogen-bond acceptors (Lipinski definition) is 4. The second-order valence-corrected chi connectivity index (χ2v) is 5.29. The Hall–Kier alpha value is -2.60. The molecular formula is C16H17N5O. The maximum absolute atomic E-state index is 5.40. The smallest absolute Gasteiger partial charge is 0.144 e. The molecule has 0 radical (unpaired) electrons. The van der Waals surface area contributed by atoms with Gasteiger partial charge in [-0.15, -0.1) is 0 Å². The summed E-state index contributed by atoms with van der Waals surface area (Å²) in [7, 11) is 1.67. The van der Waals surface area contributed by atoms with Crippen LogP contribution in [0, 0.1) is 0 Å². The zero-order chi connectivity index (χ0) is 14.9. The van der Waals surface area contributed by atoms with Crippen LogP contribution >= 0.6 is 0 Å². The number of para-hydroxylation sites is 2. The molecule has 3 aromatic rings. The van der Waals surface area contributed by atoms with Gasteiger partial charge in [0.05, 0.1) is 31.4 Å². The third-order valence-electron chi connectivity index (χ3n) is 4.02. The molecule has 0 saturated heterocycles. The van der Waals surface area contributed by atoms with Crippen molar-refractivity contribution >= 4 is 0 Å². The van der Waals surface area contributed by atoms with Crippen molar-refractivity contribution in [1.82, 2.24) is 25.1 Å². The average Bonchev–Trinajstić information content (AvgIpc) is 3.23. The topological polar surface area (TPSA) is 67.8 Å². The van der Waals surface area contributed by atoms with E-state index in [2.05, 4.69) is 20.4 Å². The summed E-state index contributed by atoms with van der Waals surface area (Å²) in [6.45, 7) is 0.930. The zero-order valence-electron chi connectivity index (χ0n) is 12.3. The molecule has 6 heteroatoms. The lowest BCUT2D eigenvalue weighted by Crippen LogP contribution is -2.30. The molecule has 0 fully saturated rings. The fraction of sp³-hybridized carbons (Fsp3) is 0.250. The Labute approximate surface area is 128 Å². The molecule has 0 bridgehead atoms. The Balaban J connectivity index is 1.71. The molecule has 1 aliphatic heterocycles. The minimum Gasteiger partial charge on any atom is -0.494 e. The lowest BCUT2D eigenvalue weighted by Gasteiger charge is -2.21. The van der Waals surface area contributed by atoms with E-state index in [1.165, 1.54) is 5.69 Å². The van der Waals surface area contributed by atoms with Crippen molar-refractivity contribution in [1.29, 1.82) is 0 Å². The van der Waals surface area contributed by atoms with Gasteiger partial charge < -0.3 is 15.0 Å². The number of rotatable bonds is 3. The van der Waals surface area contributed by atoms with Crippen LogP contribution in [-0.4, -0.2) is 33.4 Å². The average molecular weight is 295 g/mol. The van der Waals surface area contributed by atoms with Crippen LogP contribution < -0.4 is 10.1 Å². The SMILES string of the molecule is COc1ccccc1-n1cc([C@@H]2NCCc3[nH]cnc32)cn1. The molecule has 4 rings (SSSR count). The van der Waals surface area contributed by atoms with Crippen LogP contribution in [0.1, 0.15) is 23.0 Å². The number of imidazole rings is 1. The van der Waals surface area contributed by atoms with Crippen molar-refractivity contribution < 1.29 is 4.74 Å². The highest BCUT2D eigenvalue weighted by Crippen LogP contribution is 2.28. The zero-order valence-corrected chi connectivity index (χ0v) is 12.3. The van der Waals surface area contributed by atoms with Gasteiger partial charge in [-0.25, -0.2) is 9.67 Å². The van der Waals surface area contributed by atoms with Crippen LogP contribution in [0.2, 0.25) is 0 Å². The van der Waals surface area contributed by atoms with E-state index in [4.69, 9.17) is 4.74 Å². The number of fused-ring (bicyclic) bond motifs is 1. The summed E-state index contributed by atoms with van der Waals surface area (Å²) >= 11 is 0. The van der Waals surface area contributed by atoms with Gasteiger partial charge in [0.1, 0.15) is 11.4 Å². The number of aromatic amines is 1. The van der Waals surface area contributed by atoms with E-state index < -0.39 is 0 Å². The van der Waals surface area contributed by atoms with Crippen molar-refractivity contribution in [2.45, 2.75) is 12.5 Å². The van der Waals surface area contributed by atoms with Gasteiger partial charge in [-0.2, -0.15) is 5.10 Å². The lowest BCUT2D eigenvalue weighted by atomic mass is 10.0. The summed E-state index contributed by atoms with van der Waals surface area (Å²) in [6, 6.07) is 7.93. The van der Waals surface area contributed by atoms with Gasteiger partial charge in [0.25, 0.3) is 0 Å². The van der Waals surface area contributed by atoms with E-state index in [1.54, 1.807) is 13.4 Å². The van der Waals surface area contributed by atoms with Crippen molar-refractivity contribution in [2.24, 2.45) is 0 Å². The highest BCUT2D eigenvalue weighted by Gasteiger charge is 2.25. The first-order valence-electron chi connectivity index (χ1n) is 7.30. The van der Waals surface area contributed by atoms with Crippen molar-refractivity contribution in [3.05, 3.63) is 59.9 Å². The summed E-state index contributed by atoms with van der Waals surface area (Å²) in [5.74, 6) is 0.800. The molecule has 2 aromatic heterocycles. The molecule has 1 aliphatic rings. The van der Waals surface area contributed by atoms with Crippen molar-refractivity contribution in [3.63, 3.8) is 0 Å². The molecule has 2 N–H and O–H groups in total. The lowest BCUT2D eigenvalue weighted by molar-refractivity contribution is 0.411. The van der Waals surface area contributed by atoms with E-state index >= 15 is 0 Å². The Bertz CT molecular complexity index is 791. The highest BCUT2D eigenvalue weighted by molar-refractivity contribution is 5.46. The van der Waals surface area contributed by atoms with Crippen LogP contribution in [0.25, 0.3) is 5.69 Å². The van der Waals surface area contributed by atoms with Crippen molar-refractivity contribution in [3.8, 4) is 11.4 Å². The number of ether oxygens (including phenoxy) is 1. The first-order chi connectivity index (χ1) is 10.9. The minimum absolute atomic E-state index is 0.0819. The monoisotopic (exact) mass is 295 g/mol. The molecular weight excluding hydrogens is 278 g/mol. The number of H-pyrrole nitrogens is 1. The predicted molar refractivity (Wildman–Crippen MR) is 82.3 cm³/mol. The summed E-state index contributed by atoms with van der Waals surface area (Å²) in [5.41, 5.74) is 4.29. The summed E-state index contributed by atoms with van der Waals surface area (Å²) in [6.07, 6.45) is 6.65. The molecule has 22 heavy (non-hydrogen) atoms. The third-order valence-corrected chi connectivity index (χ3v) is 4.02. The van der Waals surface area contributed by atoms with E-state index in [9.17, 15) is 0 Å². The van der Waals surface area contributed by atoms with Crippen LogP contribution in [0.5, 0.6) is 5.75 Å². The number of methoxy groups -OCH3 is 1. The maximum Gasteiger partial charge on any atom is 0.144 e. The van der Waals surface area contributed by atoms with Crippen LogP contribution in [0.4, 0.5) is 0 Å². The highest BCUT2D eigenvalue weighted by atomic mass is 16.5. The quantitative estimate of drug-likeness (QED) is 0.773. The Morgan fingerprint density at radius 1 is 1.32 bits per heavy atom. The first-order valence-corrected chi connectivity index (χ1v) is 7.30. The standard InChI is InChI=1S/C16H17N5O/c1-22-14-5-3-2-4-13(14)21-9-11(8-20-21)15-16-12(6-7-17-15)18-10-19-16/h2-5,8-10,15,17H,6-7H2,1H3,(H,18,19)/t15-/m0/s1. The molecule has 1 aromatic carbocycles. The second-order valence-electron chi connectivity index (χ2n) is 5.29. The summed E-state index contributed by atoms with van der Waals surface area (Å²) in [4.78, 5) is 7.67. The van der Waals surface area contributed by atoms with Gasteiger partial charge in [0.15, 0.2) is 0 Å². The Morgan fingerprint density at radius 2 is 2.23 bits per heavy atom. The fourth-order valence-corrected chi connectivity index (χ4v) is 2.93. The molecule has 0 aliphatic carbocycles. The third kappa shape index (κ3) is 2.08. The number of nitrogens with zero attached hydrogens (tertiary/aromatic N) is 3. The largest absolute Gasteiger partial charge is 0.494 e. The van der Waals surface area contributed by atoms with E-state index in [1.807, 2.05) is 41.3 Å². The molecule has 0 spiro atoms. The Morgan fingerprint density at radius 3 is 3.14 bits per heavy atom. The first kappa shape index (κ1) is 13.1. The number of benzene rings is 1. The van der Waals surface area contributed by atoms with Gasteiger partial charge in [-0.3, -0.25) is 0 Å². The number of aromatic nitrogens is 4. The predicted octanol–water partition coefficient (Wildman–Crippen LogP) is 1.84. The molecule has 6 nitrogen and oxygen atoms in total. The van der Waals surface area contributed by atoms with E-state index in [-0.39, 0.29) is 6.04 Å². The van der Waals surface area contributed by atoms with Crippen LogP contribution in [0.15, 0.2) is 43.0 Å². The van der Waals surface area contributed by atoms with Gasteiger partial charge in [-0.1, -0.05) is 12.1 Å². The number of hydrogen-bond donors (Lipinski definition) is 2. The van der Waals surface area contributed by atoms with Crippen LogP contribution in [0.3, 0.4) is 0 Å². The normalized spacial score (nSPS) is 17.2. The van der Waals surface area contributed by atoms with E-state index in [0.29, 0.717) is 0 Å². The van der Waals surface area contributed by atoms with Gasteiger partial charge in [-0.05, 0) is 12.1 Å². The molecule has 1 atom stereocenters. The van der Waals surface area contributed by atoms with Crippen LogP contribution in [-0.2, 0) is 6.42 Å². The molecule has 3 heterocycles. The summed E-state index contributed by atoms with van der Waals surface area (Å²) < 4.78 is 7.25.